The van der Waals surface area contributed by atoms with E-state index in [4.69, 9.17) is 0 Å². The Bertz CT molecular complexity index is 1400. The second kappa shape index (κ2) is 5.23. The van der Waals surface area contributed by atoms with Gasteiger partial charge in [-0.25, -0.2) is 0 Å². The molecule has 0 amide bonds. The molecule has 2 aliphatic carbocycles. The molecule has 0 heteroatoms. The quantitative estimate of drug-likeness (QED) is 0.265. The van der Waals surface area contributed by atoms with Gasteiger partial charge in [-0.1, -0.05) is 49.1 Å². The van der Waals surface area contributed by atoms with Crippen molar-refractivity contribution in [2.24, 2.45) is 0 Å². The zero-order valence-corrected chi connectivity index (χ0v) is 16.6. The van der Waals surface area contributed by atoms with Crippen LogP contribution in [-0.2, 0) is 6.42 Å². The van der Waals surface area contributed by atoms with Gasteiger partial charge in [-0.2, -0.15) is 0 Å². The fourth-order valence-corrected chi connectivity index (χ4v) is 5.59. The van der Waals surface area contributed by atoms with E-state index >= 15 is 0 Å². The number of allylic oxidation sites excluding steroid dienone is 3. The van der Waals surface area contributed by atoms with Crippen molar-refractivity contribution in [3.63, 3.8) is 0 Å². The van der Waals surface area contributed by atoms with Crippen LogP contribution in [0.2, 0.25) is 0 Å². The van der Waals surface area contributed by atoms with Crippen molar-refractivity contribution in [1.82, 2.24) is 0 Å². The summed E-state index contributed by atoms with van der Waals surface area (Å²) < 4.78 is 0. The standard InChI is InChI=1S/C28H22/c1-5-19-15(2)12-24-16(3)22-13-25-20-10-6-8-18-9-7-11-21(28(18)20)26(25)14-23(22)17(4)27(19)24/h5-11,13-14H,2,12H2,1,3-4H3/b19-5+. The zero-order valence-electron chi connectivity index (χ0n) is 16.6. The van der Waals surface area contributed by atoms with Crippen molar-refractivity contribution in [1.29, 1.82) is 0 Å². The Morgan fingerprint density at radius 3 is 2.04 bits per heavy atom. The molecule has 0 heterocycles. The Hall–Kier alpha value is -3.12. The molecule has 28 heavy (non-hydrogen) atoms. The Balaban J connectivity index is 1.78. The van der Waals surface area contributed by atoms with Gasteiger partial charge in [0.2, 0.25) is 0 Å². The van der Waals surface area contributed by atoms with Crippen LogP contribution in [-0.4, -0.2) is 0 Å². The second-order valence-electron chi connectivity index (χ2n) is 8.24. The summed E-state index contributed by atoms with van der Waals surface area (Å²) in [6.45, 7) is 11.1. The number of benzene rings is 4. The lowest BCUT2D eigenvalue weighted by Gasteiger charge is -2.16. The number of hydrogen-bond donors (Lipinski definition) is 0. The van der Waals surface area contributed by atoms with Crippen molar-refractivity contribution < 1.29 is 0 Å². The smallest absolute Gasteiger partial charge is 0.00165 e. The molecule has 0 aromatic heterocycles. The second-order valence-corrected chi connectivity index (χ2v) is 8.24. The molecule has 0 unspecified atom stereocenters. The van der Waals surface area contributed by atoms with Crippen LogP contribution in [0.25, 0.3) is 49.4 Å². The minimum absolute atomic E-state index is 0.977. The third kappa shape index (κ3) is 1.76. The van der Waals surface area contributed by atoms with E-state index in [-0.39, 0.29) is 0 Å². The van der Waals surface area contributed by atoms with Crippen LogP contribution in [0.3, 0.4) is 0 Å². The van der Waals surface area contributed by atoms with Gasteiger partial charge in [0, 0.05) is 0 Å². The normalized spacial score (nSPS) is 15.7. The summed E-state index contributed by atoms with van der Waals surface area (Å²) in [6, 6.07) is 18.3. The van der Waals surface area contributed by atoms with Crippen molar-refractivity contribution in [2.45, 2.75) is 27.2 Å². The van der Waals surface area contributed by atoms with E-state index in [1.807, 2.05) is 0 Å². The Kier molecular flexibility index (Phi) is 2.97. The van der Waals surface area contributed by atoms with Gasteiger partial charge < -0.3 is 0 Å². The van der Waals surface area contributed by atoms with Crippen molar-refractivity contribution >= 4 is 27.1 Å². The van der Waals surface area contributed by atoms with E-state index in [2.05, 4.69) is 82.0 Å². The SMILES string of the molecule is C=C1Cc2c(c(C)c3cc4c(cc3c2C)-c2cccc3cccc-4c23)/C1=C/C. The number of rotatable bonds is 0. The molecular formula is C28H22. The van der Waals surface area contributed by atoms with Crippen LogP contribution in [0.5, 0.6) is 0 Å². The Morgan fingerprint density at radius 2 is 1.43 bits per heavy atom. The van der Waals surface area contributed by atoms with Crippen molar-refractivity contribution in [3.8, 4) is 22.3 Å². The van der Waals surface area contributed by atoms with Crippen molar-refractivity contribution in [2.75, 3.05) is 0 Å². The molecule has 0 N–H and O–H groups in total. The maximum atomic E-state index is 4.34. The minimum atomic E-state index is 0.977. The van der Waals surface area contributed by atoms with Crippen LogP contribution in [0.15, 0.2) is 66.8 Å². The first kappa shape index (κ1) is 15.9. The van der Waals surface area contributed by atoms with E-state index in [9.17, 15) is 0 Å². The molecular weight excluding hydrogens is 336 g/mol. The van der Waals surface area contributed by atoms with Crippen LogP contribution >= 0.6 is 0 Å². The van der Waals surface area contributed by atoms with Crippen LogP contribution < -0.4 is 0 Å². The maximum Gasteiger partial charge on any atom is -0.00165 e. The Morgan fingerprint density at radius 1 is 0.821 bits per heavy atom. The lowest BCUT2D eigenvalue weighted by Crippen LogP contribution is -1.95. The molecule has 4 aromatic carbocycles. The molecule has 134 valence electrons. The predicted molar refractivity (Wildman–Crippen MR) is 122 cm³/mol. The highest BCUT2D eigenvalue weighted by Crippen LogP contribution is 2.51. The first-order valence-corrected chi connectivity index (χ1v) is 10.1. The number of hydrogen-bond acceptors (Lipinski definition) is 0. The lowest BCUT2D eigenvalue weighted by atomic mass is 9.87. The van der Waals surface area contributed by atoms with Gasteiger partial charge in [0.15, 0.2) is 0 Å². The molecule has 0 spiro atoms. The van der Waals surface area contributed by atoms with E-state index in [1.165, 1.54) is 77.2 Å². The fourth-order valence-electron chi connectivity index (χ4n) is 5.59. The van der Waals surface area contributed by atoms with E-state index in [0.717, 1.165) is 6.42 Å². The molecule has 0 saturated carbocycles. The zero-order chi connectivity index (χ0) is 19.2. The molecule has 6 rings (SSSR count). The predicted octanol–water partition coefficient (Wildman–Crippen LogP) is 7.77. The van der Waals surface area contributed by atoms with E-state index < -0.39 is 0 Å². The molecule has 0 nitrogen and oxygen atoms in total. The molecule has 0 radical (unpaired) electrons. The van der Waals surface area contributed by atoms with Gasteiger partial charge in [-0.05, 0) is 117 Å². The van der Waals surface area contributed by atoms with Crippen LogP contribution in [0.1, 0.15) is 29.2 Å². The number of fused-ring (bicyclic) bond motifs is 5. The first-order valence-electron chi connectivity index (χ1n) is 10.1. The summed E-state index contributed by atoms with van der Waals surface area (Å²) in [5, 5.41) is 5.51. The molecule has 0 bridgehead atoms. The summed E-state index contributed by atoms with van der Waals surface area (Å²) in [5.74, 6) is 0. The molecule has 0 fully saturated rings. The highest BCUT2D eigenvalue weighted by atomic mass is 14.3. The van der Waals surface area contributed by atoms with E-state index in [0.29, 0.717) is 0 Å². The third-order valence-corrected chi connectivity index (χ3v) is 6.91. The highest BCUT2D eigenvalue weighted by Gasteiger charge is 2.27. The van der Waals surface area contributed by atoms with Gasteiger partial charge in [-0.15, -0.1) is 0 Å². The lowest BCUT2D eigenvalue weighted by molar-refractivity contribution is 1.23. The summed E-state index contributed by atoms with van der Waals surface area (Å²) in [7, 11) is 0. The molecule has 4 aromatic rings. The van der Waals surface area contributed by atoms with Gasteiger partial charge >= 0.3 is 0 Å². The molecule has 0 saturated heterocycles. The average molecular weight is 358 g/mol. The third-order valence-electron chi connectivity index (χ3n) is 6.91. The van der Waals surface area contributed by atoms with E-state index in [1.54, 1.807) is 0 Å². The molecule has 0 aliphatic heterocycles. The Labute approximate surface area is 165 Å². The van der Waals surface area contributed by atoms with Gasteiger partial charge in [-0.3, -0.25) is 0 Å². The summed E-state index contributed by atoms with van der Waals surface area (Å²) in [4.78, 5) is 0. The van der Waals surface area contributed by atoms with Gasteiger partial charge in [0.25, 0.3) is 0 Å². The largest absolute Gasteiger partial charge is 0.0949 e. The van der Waals surface area contributed by atoms with Crippen LogP contribution in [0, 0.1) is 13.8 Å². The van der Waals surface area contributed by atoms with Crippen LogP contribution in [0.4, 0.5) is 0 Å². The summed E-state index contributed by atoms with van der Waals surface area (Å²) in [5.41, 5.74) is 13.8. The van der Waals surface area contributed by atoms with Crippen molar-refractivity contribution in [3.05, 3.63) is 89.0 Å². The van der Waals surface area contributed by atoms with Gasteiger partial charge in [0.05, 0.1) is 0 Å². The molecule has 2 aliphatic rings. The summed E-state index contributed by atoms with van der Waals surface area (Å²) >= 11 is 0. The number of aryl methyl sites for hydroxylation is 2. The average Bonchev–Trinajstić information content (AvgIpc) is 3.22. The first-order chi connectivity index (χ1) is 13.6. The summed E-state index contributed by atoms with van der Waals surface area (Å²) in [6.07, 6.45) is 3.21. The minimum Gasteiger partial charge on any atom is -0.0949 e. The fraction of sp³-hybridized carbons (Fsp3) is 0.143. The maximum absolute atomic E-state index is 4.34. The monoisotopic (exact) mass is 358 g/mol. The topological polar surface area (TPSA) is 0 Å². The highest BCUT2D eigenvalue weighted by molar-refractivity contribution is 6.18. The molecule has 0 atom stereocenters. The van der Waals surface area contributed by atoms with Gasteiger partial charge in [0.1, 0.15) is 0 Å².